The number of amides is 1. The number of fused-ring (bicyclic) bond motifs is 1. The lowest BCUT2D eigenvalue weighted by Gasteiger charge is -2.32. The summed E-state index contributed by atoms with van der Waals surface area (Å²) < 4.78 is 26.7. The van der Waals surface area contributed by atoms with E-state index in [1.165, 1.54) is 0 Å². The monoisotopic (exact) mass is 417 g/mol. The number of nitrogens with one attached hydrogen (secondary N) is 2. The molecule has 160 valence electrons. The molecule has 2 aromatic rings. The van der Waals surface area contributed by atoms with Crippen molar-refractivity contribution in [2.24, 2.45) is 0 Å². The van der Waals surface area contributed by atoms with E-state index < -0.39 is 66.6 Å². The number of halogens is 2. The molecule has 0 aliphatic heterocycles. The molecule has 2 rings (SSSR count). The molecule has 0 saturated heterocycles. The Morgan fingerprint density at radius 1 is 1.14 bits per heavy atom. The molecule has 0 saturated carbocycles. The lowest BCUT2D eigenvalue weighted by atomic mass is 9.94. The molecule has 1 aromatic heterocycles. The molecule has 1 heterocycles. The summed E-state index contributed by atoms with van der Waals surface area (Å²) in [5.41, 5.74) is -1.31. The molecule has 0 fully saturated rings. The van der Waals surface area contributed by atoms with Crippen molar-refractivity contribution in [2.45, 2.75) is 43.8 Å². The zero-order valence-corrected chi connectivity index (χ0v) is 15.2. The van der Waals surface area contributed by atoms with Crippen LogP contribution in [-0.4, -0.2) is 78.5 Å². The van der Waals surface area contributed by atoms with Crippen LogP contribution >= 0.6 is 0 Å². The second kappa shape index (κ2) is 9.33. The van der Waals surface area contributed by atoms with E-state index in [9.17, 15) is 38.8 Å². The van der Waals surface area contributed by atoms with Crippen LogP contribution in [0.5, 0.6) is 0 Å². The number of aromatic amines is 1. The number of aliphatic hydroxyl groups excluding tert-OH is 5. The third-order valence-electron chi connectivity index (χ3n) is 4.29. The summed E-state index contributed by atoms with van der Waals surface area (Å²) >= 11 is 0. The van der Waals surface area contributed by atoms with Crippen molar-refractivity contribution in [1.29, 1.82) is 0 Å². The van der Waals surface area contributed by atoms with Gasteiger partial charge < -0.3 is 35.8 Å². The van der Waals surface area contributed by atoms with Crippen LogP contribution in [0, 0.1) is 11.6 Å². The van der Waals surface area contributed by atoms with Crippen LogP contribution in [0.15, 0.2) is 16.9 Å². The van der Waals surface area contributed by atoms with Gasteiger partial charge in [0, 0.05) is 25.5 Å². The summed E-state index contributed by atoms with van der Waals surface area (Å²) in [7, 11) is 0. The Bertz CT molecular complexity index is 939. The number of aromatic nitrogens is 2. The lowest BCUT2D eigenvalue weighted by molar-refractivity contribution is -0.127. The number of carbonyl (C=O) groups excluding carboxylic acids is 1. The van der Waals surface area contributed by atoms with Gasteiger partial charge in [-0.25, -0.2) is 13.8 Å². The van der Waals surface area contributed by atoms with Gasteiger partial charge in [-0.05, 0) is 0 Å². The highest BCUT2D eigenvalue weighted by Gasteiger charge is 2.36. The SMILES string of the molecule is CC(=O)N[C@@H](C(O)[C@H](O)[C@H](O)CO)[C@H](O)Cc1nc2cc(F)c(F)cc2[nH]c1=O. The van der Waals surface area contributed by atoms with Gasteiger partial charge in [0.15, 0.2) is 11.6 Å². The van der Waals surface area contributed by atoms with Gasteiger partial charge in [0.2, 0.25) is 5.91 Å². The molecule has 1 amide bonds. The van der Waals surface area contributed by atoms with E-state index in [1.54, 1.807) is 0 Å². The Labute approximate surface area is 162 Å². The van der Waals surface area contributed by atoms with Crippen LogP contribution < -0.4 is 10.9 Å². The minimum atomic E-state index is -1.92. The Hall–Kier alpha value is -2.51. The Morgan fingerprint density at radius 3 is 2.34 bits per heavy atom. The highest BCUT2D eigenvalue weighted by Crippen LogP contribution is 2.16. The van der Waals surface area contributed by atoms with Gasteiger partial charge in [-0.2, -0.15) is 0 Å². The highest BCUT2D eigenvalue weighted by atomic mass is 19.2. The van der Waals surface area contributed by atoms with Gasteiger partial charge in [0.25, 0.3) is 5.56 Å². The third kappa shape index (κ3) is 5.31. The van der Waals surface area contributed by atoms with E-state index in [2.05, 4.69) is 15.3 Å². The summed E-state index contributed by atoms with van der Waals surface area (Å²) in [5.74, 6) is -3.08. The molecule has 0 aliphatic rings. The summed E-state index contributed by atoms with van der Waals surface area (Å²) in [4.78, 5) is 29.7. The normalized spacial score (nSPS) is 16.8. The maximum atomic E-state index is 13.4. The summed E-state index contributed by atoms with van der Waals surface area (Å²) in [6.45, 7) is 0.175. The number of H-pyrrole nitrogens is 1. The van der Waals surface area contributed by atoms with E-state index in [0.717, 1.165) is 19.1 Å². The molecule has 7 N–H and O–H groups in total. The molecule has 10 nitrogen and oxygen atoms in total. The Morgan fingerprint density at radius 2 is 1.76 bits per heavy atom. The van der Waals surface area contributed by atoms with Crippen molar-refractivity contribution in [3.63, 3.8) is 0 Å². The summed E-state index contributed by atoms with van der Waals surface area (Å²) in [6.07, 6.45) is -7.82. The van der Waals surface area contributed by atoms with Crippen molar-refractivity contribution < 1.29 is 39.1 Å². The molecule has 0 radical (unpaired) electrons. The maximum Gasteiger partial charge on any atom is 0.270 e. The Balaban J connectivity index is 2.33. The first-order chi connectivity index (χ1) is 13.5. The smallest absolute Gasteiger partial charge is 0.270 e. The van der Waals surface area contributed by atoms with E-state index >= 15 is 0 Å². The van der Waals surface area contributed by atoms with Crippen molar-refractivity contribution in [3.8, 4) is 0 Å². The largest absolute Gasteiger partial charge is 0.394 e. The van der Waals surface area contributed by atoms with E-state index in [4.69, 9.17) is 5.11 Å². The fraction of sp³-hybridized carbons (Fsp3) is 0.471. The van der Waals surface area contributed by atoms with Crippen LogP contribution in [0.4, 0.5) is 8.78 Å². The van der Waals surface area contributed by atoms with Crippen LogP contribution in [0.1, 0.15) is 12.6 Å². The number of carbonyl (C=O) groups is 1. The van der Waals surface area contributed by atoms with Crippen molar-refractivity contribution in [3.05, 3.63) is 39.8 Å². The Kier molecular flexibility index (Phi) is 7.32. The summed E-state index contributed by atoms with van der Waals surface area (Å²) in [6, 6.07) is -0.0566. The third-order valence-corrected chi connectivity index (χ3v) is 4.29. The first kappa shape index (κ1) is 22.8. The van der Waals surface area contributed by atoms with Crippen molar-refractivity contribution in [2.75, 3.05) is 6.61 Å². The highest BCUT2D eigenvalue weighted by molar-refractivity contribution is 5.74. The molecule has 0 bridgehead atoms. The number of rotatable bonds is 8. The standard InChI is InChI=1S/C17H21F2N3O7/c1-6(24)20-14(16(28)15(27)13(26)5-23)12(25)4-11-17(29)22-10-3-8(19)7(18)2-9(10)21-11/h2-3,12-16,23,25-28H,4-5H2,1H3,(H,20,24)(H,22,29)/t12-,13-,14-,15-,16?/m1/s1. The predicted octanol–water partition coefficient (Wildman–Crippen LogP) is -2.32. The quantitative estimate of drug-likeness (QED) is 0.250. The topological polar surface area (TPSA) is 176 Å². The van der Waals surface area contributed by atoms with Crippen molar-refractivity contribution in [1.82, 2.24) is 15.3 Å². The molecular weight excluding hydrogens is 396 g/mol. The average molecular weight is 417 g/mol. The lowest BCUT2D eigenvalue weighted by Crippen LogP contribution is -2.57. The van der Waals surface area contributed by atoms with Gasteiger partial charge in [0.1, 0.15) is 24.0 Å². The fourth-order valence-electron chi connectivity index (χ4n) is 2.77. The first-order valence-corrected chi connectivity index (χ1v) is 8.53. The van der Waals surface area contributed by atoms with Gasteiger partial charge >= 0.3 is 0 Å². The molecule has 5 atom stereocenters. The molecule has 0 spiro atoms. The van der Waals surface area contributed by atoms with Crippen molar-refractivity contribution >= 4 is 16.9 Å². The van der Waals surface area contributed by atoms with Crippen LogP contribution in [0.2, 0.25) is 0 Å². The first-order valence-electron chi connectivity index (χ1n) is 8.53. The molecule has 1 unspecified atom stereocenters. The second-order valence-electron chi connectivity index (χ2n) is 6.52. The number of hydrogen-bond acceptors (Lipinski definition) is 8. The second-order valence-corrected chi connectivity index (χ2v) is 6.52. The molecular formula is C17H21F2N3O7. The predicted molar refractivity (Wildman–Crippen MR) is 94.7 cm³/mol. The minimum Gasteiger partial charge on any atom is -0.394 e. The van der Waals surface area contributed by atoms with Gasteiger partial charge in [-0.1, -0.05) is 0 Å². The zero-order chi connectivity index (χ0) is 21.9. The van der Waals surface area contributed by atoms with Crippen LogP contribution in [0.25, 0.3) is 11.0 Å². The van der Waals surface area contributed by atoms with Gasteiger partial charge in [0.05, 0.1) is 29.8 Å². The number of aliphatic hydroxyl groups is 5. The molecule has 0 aliphatic carbocycles. The van der Waals surface area contributed by atoms with Gasteiger partial charge in [-0.15, -0.1) is 0 Å². The number of nitrogens with zero attached hydrogens (tertiary/aromatic N) is 1. The summed E-state index contributed by atoms with van der Waals surface area (Å²) in [5, 5.41) is 51.0. The fourth-order valence-corrected chi connectivity index (χ4v) is 2.77. The molecule has 12 heteroatoms. The van der Waals surface area contributed by atoms with E-state index in [-0.39, 0.29) is 16.7 Å². The minimum absolute atomic E-state index is 0.0768. The maximum absolute atomic E-state index is 13.4. The van der Waals surface area contributed by atoms with Gasteiger partial charge in [-0.3, -0.25) is 9.59 Å². The number of benzene rings is 1. The zero-order valence-electron chi connectivity index (χ0n) is 15.2. The number of hydrogen-bond donors (Lipinski definition) is 7. The molecule has 29 heavy (non-hydrogen) atoms. The average Bonchev–Trinajstić information content (AvgIpc) is 2.66. The molecule has 1 aromatic carbocycles. The van der Waals surface area contributed by atoms with E-state index in [0.29, 0.717) is 0 Å². The van der Waals surface area contributed by atoms with Crippen LogP contribution in [0.3, 0.4) is 0 Å². The van der Waals surface area contributed by atoms with E-state index in [1.807, 2.05) is 0 Å². The van der Waals surface area contributed by atoms with Crippen LogP contribution in [-0.2, 0) is 11.2 Å².